The highest BCUT2D eigenvalue weighted by molar-refractivity contribution is 6.71. The summed E-state index contributed by atoms with van der Waals surface area (Å²) in [5.74, 6) is 0.0906. The first kappa shape index (κ1) is 24.0. The molecule has 1 aromatic heterocycles. The molecule has 0 unspecified atom stereocenters. The Morgan fingerprint density at radius 3 is 2.62 bits per heavy atom. The van der Waals surface area contributed by atoms with Gasteiger partial charge in [0.1, 0.15) is 23.6 Å². The standard InChI is InChI=1S/C20H37N3O5Si/c1-5-6-7-8-9-10-13-29(3,4)27-14-15-20(2,26)17(24)18(28-15)23-12-11-16(21)22-19(23)25/h11-12,15,17-18,24,26H,5-10,13-14H2,1-4H3,(H2,21,22,25)/t15-,17+,18-,20-/m1/s1. The average molecular weight is 428 g/mol. The van der Waals surface area contributed by atoms with Gasteiger partial charge in [-0.1, -0.05) is 45.4 Å². The van der Waals surface area contributed by atoms with Crippen LogP contribution in [0.3, 0.4) is 0 Å². The lowest BCUT2D eigenvalue weighted by Crippen LogP contribution is -2.48. The summed E-state index contributed by atoms with van der Waals surface area (Å²) in [6, 6.07) is 2.49. The number of hydrogen-bond acceptors (Lipinski definition) is 7. The summed E-state index contributed by atoms with van der Waals surface area (Å²) in [4.78, 5) is 15.8. The molecule has 0 radical (unpaired) electrons. The number of nitrogens with two attached hydrogens (primary N) is 1. The Morgan fingerprint density at radius 2 is 1.97 bits per heavy atom. The van der Waals surface area contributed by atoms with E-state index in [4.69, 9.17) is 14.9 Å². The quantitative estimate of drug-likeness (QED) is 0.366. The number of aliphatic hydroxyl groups excluding tert-OH is 1. The zero-order valence-corrected chi connectivity index (χ0v) is 19.1. The molecule has 2 heterocycles. The van der Waals surface area contributed by atoms with Gasteiger partial charge in [0.2, 0.25) is 0 Å². The van der Waals surface area contributed by atoms with E-state index in [1.54, 1.807) is 0 Å². The maximum Gasteiger partial charge on any atom is 0.351 e. The van der Waals surface area contributed by atoms with Crippen molar-refractivity contribution < 1.29 is 19.4 Å². The maximum atomic E-state index is 12.1. The highest BCUT2D eigenvalue weighted by Gasteiger charge is 2.53. The lowest BCUT2D eigenvalue weighted by atomic mass is 9.95. The Hall–Kier alpha value is -1.26. The van der Waals surface area contributed by atoms with Crippen molar-refractivity contribution in [1.82, 2.24) is 9.55 Å². The summed E-state index contributed by atoms with van der Waals surface area (Å²) in [5, 5.41) is 21.4. The summed E-state index contributed by atoms with van der Waals surface area (Å²) < 4.78 is 13.2. The second-order valence-corrected chi connectivity index (χ2v) is 13.1. The van der Waals surface area contributed by atoms with Crippen molar-refractivity contribution in [3.05, 3.63) is 22.7 Å². The van der Waals surface area contributed by atoms with Crippen LogP contribution in [0.4, 0.5) is 5.82 Å². The molecule has 8 nitrogen and oxygen atoms in total. The molecule has 29 heavy (non-hydrogen) atoms. The van der Waals surface area contributed by atoms with Gasteiger partial charge in [0.15, 0.2) is 14.5 Å². The monoisotopic (exact) mass is 427 g/mol. The molecule has 1 aromatic rings. The Labute approximate surface area is 174 Å². The minimum absolute atomic E-state index is 0.0906. The van der Waals surface area contributed by atoms with Crippen molar-refractivity contribution in [3.63, 3.8) is 0 Å². The normalized spacial score (nSPS) is 27.4. The van der Waals surface area contributed by atoms with Crippen LogP contribution in [0.2, 0.25) is 19.1 Å². The zero-order chi connectivity index (χ0) is 21.7. The Bertz CT molecular complexity index is 710. The summed E-state index contributed by atoms with van der Waals surface area (Å²) >= 11 is 0. The molecule has 1 aliphatic heterocycles. The summed E-state index contributed by atoms with van der Waals surface area (Å²) in [7, 11) is -1.91. The molecule has 1 fully saturated rings. The molecule has 4 N–H and O–H groups in total. The molecule has 9 heteroatoms. The van der Waals surface area contributed by atoms with Gasteiger partial charge < -0.3 is 25.1 Å². The van der Waals surface area contributed by atoms with Crippen LogP contribution >= 0.6 is 0 Å². The molecule has 2 rings (SSSR count). The average Bonchev–Trinajstić information content (AvgIpc) is 2.86. The van der Waals surface area contributed by atoms with Crippen molar-refractivity contribution in [2.45, 2.75) is 95.5 Å². The van der Waals surface area contributed by atoms with Crippen LogP contribution in [0.15, 0.2) is 17.1 Å². The molecular weight excluding hydrogens is 390 g/mol. The first-order valence-electron chi connectivity index (χ1n) is 10.6. The van der Waals surface area contributed by atoms with Crippen LogP contribution in [-0.4, -0.2) is 52.5 Å². The molecule has 4 atom stereocenters. The van der Waals surface area contributed by atoms with E-state index in [9.17, 15) is 15.0 Å². The van der Waals surface area contributed by atoms with Crippen LogP contribution in [0.25, 0.3) is 0 Å². The summed E-state index contributed by atoms with van der Waals surface area (Å²) in [5.41, 5.74) is 3.34. The zero-order valence-electron chi connectivity index (χ0n) is 18.1. The molecule has 0 spiro atoms. The fourth-order valence-electron chi connectivity index (χ4n) is 3.61. The van der Waals surface area contributed by atoms with Crippen molar-refractivity contribution >= 4 is 14.1 Å². The fourth-order valence-corrected chi connectivity index (χ4v) is 5.46. The topological polar surface area (TPSA) is 120 Å². The van der Waals surface area contributed by atoms with E-state index in [1.165, 1.54) is 51.3 Å². The van der Waals surface area contributed by atoms with Crippen LogP contribution in [0.1, 0.15) is 58.6 Å². The predicted molar refractivity (Wildman–Crippen MR) is 115 cm³/mol. The highest BCUT2D eigenvalue weighted by Crippen LogP contribution is 2.37. The minimum atomic E-state index is -1.91. The predicted octanol–water partition coefficient (Wildman–Crippen LogP) is 2.42. The van der Waals surface area contributed by atoms with E-state index in [0.717, 1.165) is 17.0 Å². The van der Waals surface area contributed by atoms with Gasteiger partial charge in [-0.15, -0.1) is 0 Å². The number of aromatic nitrogens is 2. The van der Waals surface area contributed by atoms with Crippen molar-refractivity contribution in [1.29, 1.82) is 0 Å². The van der Waals surface area contributed by atoms with Crippen LogP contribution in [-0.2, 0) is 9.16 Å². The van der Waals surface area contributed by atoms with Gasteiger partial charge in [0, 0.05) is 6.20 Å². The van der Waals surface area contributed by atoms with Gasteiger partial charge in [-0.3, -0.25) is 4.57 Å². The number of nitrogens with zero attached hydrogens (tertiary/aromatic N) is 2. The maximum absolute atomic E-state index is 12.1. The molecule has 0 aliphatic carbocycles. The molecule has 0 bridgehead atoms. The Balaban J connectivity index is 1.92. The van der Waals surface area contributed by atoms with E-state index in [0.29, 0.717) is 0 Å². The molecule has 0 aromatic carbocycles. The molecule has 0 saturated carbocycles. The highest BCUT2D eigenvalue weighted by atomic mass is 28.4. The van der Waals surface area contributed by atoms with Crippen molar-refractivity contribution in [3.8, 4) is 0 Å². The second kappa shape index (κ2) is 10.2. The molecule has 1 saturated heterocycles. The number of unbranched alkanes of at least 4 members (excludes halogenated alkanes) is 5. The van der Waals surface area contributed by atoms with Gasteiger partial charge in [-0.25, -0.2) is 4.79 Å². The minimum Gasteiger partial charge on any atom is -0.415 e. The lowest BCUT2D eigenvalue weighted by Gasteiger charge is -2.30. The molecule has 1 aliphatic rings. The fraction of sp³-hybridized carbons (Fsp3) is 0.800. The first-order chi connectivity index (χ1) is 13.6. The van der Waals surface area contributed by atoms with Gasteiger partial charge in [-0.2, -0.15) is 4.98 Å². The second-order valence-electron chi connectivity index (χ2n) is 8.82. The third-order valence-electron chi connectivity index (χ3n) is 5.71. The number of hydrogen-bond donors (Lipinski definition) is 3. The third-order valence-corrected chi connectivity index (χ3v) is 8.21. The third kappa shape index (κ3) is 6.36. The van der Waals surface area contributed by atoms with E-state index in [-0.39, 0.29) is 12.4 Å². The number of nitrogen functional groups attached to an aromatic ring is 1. The first-order valence-corrected chi connectivity index (χ1v) is 13.7. The molecule has 0 amide bonds. The Kier molecular flexibility index (Phi) is 8.42. The van der Waals surface area contributed by atoms with Gasteiger partial charge in [0.05, 0.1) is 6.61 Å². The van der Waals surface area contributed by atoms with Crippen LogP contribution < -0.4 is 11.4 Å². The molecular formula is C20H37N3O5Si. The number of ether oxygens (including phenoxy) is 1. The van der Waals surface area contributed by atoms with Gasteiger partial charge >= 0.3 is 5.69 Å². The van der Waals surface area contributed by atoms with Gasteiger partial charge in [-0.05, 0) is 32.1 Å². The summed E-state index contributed by atoms with van der Waals surface area (Å²) in [6.45, 7) is 8.21. The number of aliphatic hydroxyl groups is 2. The van der Waals surface area contributed by atoms with E-state index in [1.807, 2.05) is 0 Å². The smallest absolute Gasteiger partial charge is 0.351 e. The van der Waals surface area contributed by atoms with Crippen molar-refractivity contribution in [2.75, 3.05) is 12.3 Å². The van der Waals surface area contributed by atoms with Crippen LogP contribution in [0.5, 0.6) is 0 Å². The number of rotatable bonds is 11. The Morgan fingerprint density at radius 1 is 1.31 bits per heavy atom. The van der Waals surface area contributed by atoms with E-state index < -0.39 is 38.0 Å². The summed E-state index contributed by atoms with van der Waals surface area (Å²) in [6.07, 6.45) is 5.78. The van der Waals surface area contributed by atoms with Crippen molar-refractivity contribution in [2.24, 2.45) is 0 Å². The van der Waals surface area contributed by atoms with E-state index in [2.05, 4.69) is 25.0 Å². The van der Waals surface area contributed by atoms with Gasteiger partial charge in [0.25, 0.3) is 0 Å². The SMILES string of the molecule is CCCCCCCC[Si](C)(C)OC[C@H]1O[C@@H](n2ccc(N)nc2=O)[C@H](O)[C@]1(C)O. The lowest BCUT2D eigenvalue weighted by molar-refractivity contribution is -0.0780. The van der Waals surface area contributed by atoms with Crippen LogP contribution in [0, 0.1) is 0 Å². The van der Waals surface area contributed by atoms with E-state index >= 15 is 0 Å². The largest absolute Gasteiger partial charge is 0.415 e. The molecule has 166 valence electrons. The number of anilines is 1.